The molecule has 0 bridgehead atoms. The van der Waals surface area contributed by atoms with E-state index in [2.05, 4.69) is 249 Å². The second-order valence-corrected chi connectivity index (χ2v) is 16.9. The summed E-state index contributed by atoms with van der Waals surface area (Å²) in [5.74, 6) is 0. The number of hydrogen-bond acceptors (Lipinski definition) is 0. The van der Waals surface area contributed by atoms with Crippen molar-refractivity contribution in [1.82, 2.24) is 18.3 Å². The Morgan fingerprint density at radius 2 is 0.531 bits per heavy atom. The zero-order valence-corrected chi connectivity index (χ0v) is 34.7. The topological polar surface area (TPSA) is 19.7 Å². The quantitative estimate of drug-likeness (QED) is 0.165. The van der Waals surface area contributed by atoms with E-state index in [0.717, 1.165) is 28.3 Å². The highest BCUT2D eigenvalue weighted by Crippen LogP contribution is 2.41. The average Bonchev–Trinajstić information content (AvgIpc) is 4.09. The van der Waals surface area contributed by atoms with E-state index in [1.807, 2.05) is 0 Å². The summed E-state index contributed by atoms with van der Waals surface area (Å²) < 4.78 is 9.71. The van der Waals surface area contributed by atoms with Gasteiger partial charge < -0.3 is 18.3 Å². The number of hydrogen-bond donors (Lipinski definition) is 0. The first-order valence-electron chi connectivity index (χ1n) is 22.0. The summed E-state index contributed by atoms with van der Waals surface area (Å²) in [6, 6.07) is 84.5. The molecule has 0 aliphatic rings. The van der Waals surface area contributed by atoms with Gasteiger partial charge in [0.15, 0.2) is 0 Å². The van der Waals surface area contributed by atoms with Crippen molar-refractivity contribution in [2.24, 2.45) is 0 Å². The highest BCUT2D eigenvalue weighted by atomic mass is 15.0. The van der Waals surface area contributed by atoms with Gasteiger partial charge in [-0.2, -0.15) is 0 Å². The summed E-state index contributed by atoms with van der Waals surface area (Å²) in [6.45, 7) is 0. The van der Waals surface area contributed by atoms with Crippen LogP contribution >= 0.6 is 0 Å². The molecule has 298 valence electrons. The van der Waals surface area contributed by atoms with Crippen LogP contribution in [0.5, 0.6) is 0 Å². The van der Waals surface area contributed by atoms with E-state index in [1.165, 1.54) is 92.8 Å². The largest absolute Gasteiger partial charge is 0.309 e. The molecule has 0 aliphatic heterocycles. The van der Waals surface area contributed by atoms with E-state index in [9.17, 15) is 0 Å². The van der Waals surface area contributed by atoms with Crippen LogP contribution in [0.4, 0.5) is 0 Å². The molecule has 4 aromatic heterocycles. The summed E-state index contributed by atoms with van der Waals surface area (Å²) in [7, 11) is 0. The molecule has 0 spiro atoms. The maximum Gasteiger partial charge on any atom is 0.0542 e. The van der Waals surface area contributed by atoms with Gasteiger partial charge >= 0.3 is 0 Å². The molecule has 0 aliphatic carbocycles. The van der Waals surface area contributed by atoms with E-state index in [-0.39, 0.29) is 0 Å². The molecule has 0 fully saturated rings. The first-order chi connectivity index (χ1) is 31.8. The molecule has 0 saturated carbocycles. The SMILES string of the molecule is c1cc(-c2ccccc2-n2c3ccccc3c3cc(-n4c5ccccc5c5ccccc54)ccc32)cc(-n2c3ccccc3c3cc(-n4c5ccccc5c5ccccc54)ccc32)c1. The lowest BCUT2D eigenvalue weighted by Crippen LogP contribution is -1.99. The summed E-state index contributed by atoms with van der Waals surface area (Å²) in [6.07, 6.45) is 0. The number of nitrogens with zero attached hydrogens (tertiary/aromatic N) is 4. The molecule has 0 atom stereocenters. The van der Waals surface area contributed by atoms with Crippen molar-refractivity contribution in [1.29, 1.82) is 0 Å². The van der Waals surface area contributed by atoms with Crippen LogP contribution in [0.25, 0.3) is 121 Å². The van der Waals surface area contributed by atoms with Crippen molar-refractivity contribution in [3.05, 3.63) is 231 Å². The fourth-order valence-corrected chi connectivity index (χ4v) is 10.9. The van der Waals surface area contributed by atoms with Gasteiger partial charge in [-0.25, -0.2) is 0 Å². The van der Waals surface area contributed by atoms with Crippen molar-refractivity contribution in [3.63, 3.8) is 0 Å². The molecule has 14 aromatic rings. The van der Waals surface area contributed by atoms with E-state index in [1.54, 1.807) is 0 Å². The van der Waals surface area contributed by atoms with Crippen LogP contribution in [0, 0.1) is 0 Å². The van der Waals surface area contributed by atoms with Gasteiger partial charge in [-0.3, -0.25) is 0 Å². The third-order valence-electron chi connectivity index (χ3n) is 13.5. The Labute approximate surface area is 368 Å². The minimum Gasteiger partial charge on any atom is -0.309 e. The fourth-order valence-electron chi connectivity index (χ4n) is 10.9. The van der Waals surface area contributed by atoms with E-state index < -0.39 is 0 Å². The first-order valence-corrected chi connectivity index (χ1v) is 22.0. The lowest BCUT2D eigenvalue weighted by atomic mass is 10.0. The lowest BCUT2D eigenvalue weighted by molar-refractivity contribution is 1.16. The Morgan fingerprint density at radius 3 is 0.984 bits per heavy atom. The third-order valence-corrected chi connectivity index (χ3v) is 13.5. The molecule has 0 N–H and O–H groups in total. The van der Waals surface area contributed by atoms with Gasteiger partial charge in [-0.05, 0) is 96.6 Å². The minimum atomic E-state index is 1.13. The predicted octanol–water partition coefficient (Wildman–Crippen LogP) is 15.7. The van der Waals surface area contributed by atoms with Crippen LogP contribution in [0.15, 0.2) is 231 Å². The van der Waals surface area contributed by atoms with Crippen LogP contribution in [-0.2, 0) is 0 Å². The van der Waals surface area contributed by atoms with Crippen LogP contribution in [0.2, 0.25) is 0 Å². The normalized spacial score (nSPS) is 12.1. The highest BCUT2D eigenvalue weighted by molar-refractivity contribution is 6.14. The van der Waals surface area contributed by atoms with Crippen LogP contribution in [-0.4, -0.2) is 18.3 Å². The van der Waals surface area contributed by atoms with Crippen molar-refractivity contribution in [2.45, 2.75) is 0 Å². The molecule has 4 heteroatoms. The van der Waals surface area contributed by atoms with E-state index >= 15 is 0 Å². The molecule has 14 rings (SSSR count). The molecule has 0 unspecified atom stereocenters. The molecule has 0 radical (unpaired) electrons. The molecule has 4 heterocycles. The number of aromatic nitrogens is 4. The van der Waals surface area contributed by atoms with Gasteiger partial charge in [0, 0.05) is 65.7 Å². The zero-order valence-electron chi connectivity index (χ0n) is 34.7. The third kappa shape index (κ3) is 4.93. The maximum atomic E-state index is 2.46. The zero-order chi connectivity index (χ0) is 41.9. The monoisotopic (exact) mass is 814 g/mol. The summed E-state index contributed by atoms with van der Waals surface area (Å²) in [4.78, 5) is 0. The van der Waals surface area contributed by atoms with Crippen LogP contribution in [0.1, 0.15) is 0 Å². The molecule has 4 nitrogen and oxygen atoms in total. The van der Waals surface area contributed by atoms with Crippen LogP contribution in [0.3, 0.4) is 0 Å². The van der Waals surface area contributed by atoms with Crippen molar-refractivity contribution in [3.8, 4) is 33.9 Å². The smallest absolute Gasteiger partial charge is 0.0542 e. The standard InChI is InChI=1S/C60H38N4/c1-8-25-52(64-58-31-14-7-24-49(58)51-38-42(33-35-60(51)64)63-55-28-11-4-21-46(55)47-22-5-12-29-56(47)63)43(18-1)39-16-15-17-40(36-39)61-57-30-13-6-23-48(57)50-37-41(32-34-59(50)61)62-53-26-9-2-19-44(53)45-20-3-10-27-54(45)62/h1-38H. The van der Waals surface area contributed by atoms with Gasteiger partial charge in [0.2, 0.25) is 0 Å². The van der Waals surface area contributed by atoms with Gasteiger partial charge in [0.05, 0.1) is 49.8 Å². The Bertz CT molecular complexity index is 4100. The predicted molar refractivity (Wildman–Crippen MR) is 269 cm³/mol. The Balaban J connectivity index is 0.933. The highest BCUT2D eigenvalue weighted by Gasteiger charge is 2.20. The second kappa shape index (κ2) is 13.4. The average molecular weight is 815 g/mol. The molecular weight excluding hydrogens is 777 g/mol. The van der Waals surface area contributed by atoms with Gasteiger partial charge in [-0.15, -0.1) is 0 Å². The number of benzene rings is 10. The summed E-state index contributed by atoms with van der Waals surface area (Å²) >= 11 is 0. The summed E-state index contributed by atoms with van der Waals surface area (Å²) in [5, 5.41) is 9.98. The van der Waals surface area contributed by atoms with E-state index in [0.29, 0.717) is 0 Å². The van der Waals surface area contributed by atoms with Crippen molar-refractivity contribution >= 4 is 87.2 Å². The number of fused-ring (bicyclic) bond motifs is 12. The number of rotatable bonds is 5. The van der Waals surface area contributed by atoms with Gasteiger partial charge in [0.25, 0.3) is 0 Å². The Kier molecular flexibility index (Phi) is 7.36. The molecule has 10 aromatic carbocycles. The van der Waals surface area contributed by atoms with Gasteiger partial charge in [-0.1, -0.05) is 140 Å². The maximum absolute atomic E-state index is 2.46. The van der Waals surface area contributed by atoms with Crippen molar-refractivity contribution in [2.75, 3.05) is 0 Å². The van der Waals surface area contributed by atoms with Crippen LogP contribution < -0.4 is 0 Å². The molecular formula is C60H38N4. The van der Waals surface area contributed by atoms with Crippen molar-refractivity contribution < 1.29 is 0 Å². The molecule has 0 amide bonds. The summed E-state index contributed by atoms with van der Waals surface area (Å²) in [5.41, 5.74) is 16.5. The Hall–Kier alpha value is -8.60. The van der Waals surface area contributed by atoms with Gasteiger partial charge in [0.1, 0.15) is 0 Å². The lowest BCUT2D eigenvalue weighted by Gasteiger charge is -2.16. The second-order valence-electron chi connectivity index (χ2n) is 16.9. The molecule has 0 saturated heterocycles. The molecule has 64 heavy (non-hydrogen) atoms. The Morgan fingerprint density at radius 1 is 0.203 bits per heavy atom. The van der Waals surface area contributed by atoms with E-state index in [4.69, 9.17) is 0 Å². The fraction of sp³-hybridized carbons (Fsp3) is 0. The number of para-hydroxylation sites is 7. The minimum absolute atomic E-state index is 1.13. The first kappa shape index (κ1) is 35.0.